The van der Waals surface area contributed by atoms with E-state index in [1.54, 1.807) is 18.6 Å². The second-order valence-corrected chi connectivity index (χ2v) is 5.72. The maximum Gasteiger partial charge on any atom is 0.226 e. The summed E-state index contributed by atoms with van der Waals surface area (Å²) in [7, 11) is 0. The third-order valence-electron chi connectivity index (χ3n) is 4.10. The molecule has 0 N–H and O–H groups in total. The van der Waals surface area contributed by atoms with Gasteiger partial charge in [-0.1, -0.05) is 18.2 Å². The molecule has 5 nitrogen and oxygen atoms in total. The largest absolute Gasteiger partial charge is 0.493 e. The van der Waals surface area contributed by atoms with Gasteiger partial charge in [0.2, 0.25) is 5.91 Å². The Balaban J connectivity index is 1.49. The minimum atomic E-state index is 0.148. The number of rotatable bonds is 5. The molecule has 120 valence electrons. The zero-order chi connectivity index (χ0) is 15.9. The lowest BCUT2D eigenvalue weighted by molar-refractivity contribution is -0.132. The Hall–Kier alpha value is -2.43. The Morgan fingerprint density at radius 2 is 2.13 bits per heavy atom. The molecule has 1 fully saturated rings. The van der Waals surface area contributed by atoms with Crippen LogP contribution in [0.15, 0.2) is 48.9 Å². The second-order valence-electron chi connectivity index (χ2n) is 5.72. The molecule has 0 bridgehead atoms. The Morgan fingerprint density at radius 1 is 1.26 bits per heavy atom. The average Bonchev–Trinajstić information content (AvgIpc) is 2.63. The summed E-state index contributed by atoms with van der Waals surface area (Å²) >= 11 is 0. The van der Waals surface area contributed by atoms with Crippen LogP contribution in [0.5, 0.6) is 5.75 Å². The van der Waals surface area contributed by atoms with Gasteiger partial charge in [0.25, 0.3) is 0 Å². The Bertz CT molecular complexity index is 619. The van der Waals surface area contributed by atoms with E-state index in [1.807, 2.05) is 35.2 Å². The monoisotopic (exact) mass is 311 g/mol. The van der Waals surface area contributed by atoms with Gasteiger partial charge in [-0.2, -0.15) is 0 Å². The number of amides is 1. The summed E-state index contributed by atoms with van der Waals surface area (Å²) in [6.45, 7) is 1.96. The predicted octanol–water partition coefficient (Wildman–Crippen LogP) is 2.65. The first-order valence-corrected chi connectivity index (χ1v) is 8.04. The van der Waals surface area contributed by atoms with E-state index < -0.39 is 0 Å². The van der Waals surface area contributed by atoms with Gasteiger partial charge >= 0.3 is 0 Å². The molecule has 0 saturated carbocycles. The second kappa shape index (κ2) is 7.72. The molecule has 2 heterocycles. The van der Waals surface area contributed by atoms with Gasteiger partial charge in [-0.05, 0) is 25.0 Å². The van der Waals surface area contributed by atoms with E-state index in [4.69, 9.17) is 4.74 Å². The number of carbonyl (C=O) groups excluding carboxylic acids is 1. The van der Waals surface area contributed by atoms with Crippen molar-refractivity contribution in [1.29, 1.82) is 0 Å². The van der Waals surface area contributed by atoms with Crippen LogP contribution in [0.3, 0.4) is 0 Å². The molecule has 1 aromatic carbocycles. The molecular formula is C18H21N3O2. The summed E-state index contributed by atoms with van der Waals surface area (Å²) in [5.41, 5.74) is 0.977. The first kappa shape index (κ1) is 15.5. The Kier molecular flexibility index (Phi) is 5.19. The first-order valence-electron chi connectivity index (χ1n) is 8.04. The SMILES string of the molecule is O=C(CCOc1ccccc1)N1CCC[C@H](c2cnccn2)C1. The zero-order valence-corrected chi connectivity index (χ0v) is 13.1. The molecule has 0 aliphatic carbocycles. The Labute approximate surface area is 136 Å². The van der Waals surface area contributed by atoms with Gasteiger partial charge in [-0.25, -0.2) is 0 Å². The molecule has 3 rings (SSSR count). The number of para-hydroxylation sites is 1. The summed E-state index contributed by atoms with van der Waals surface area (Å²) in [5.74, 6) is 1.24. The summed E-state index contributed by atoms with van der Waals surface area (Å²) < 4.78 is 5.61. The molecular weight excluding hydrogens is 290 g/mol. The van der Waals surface area contributed by atoms with Crippen molar-refractivity contribution in [3.63, 3.8) is 0 Å². The number of likely N-dealkylation sites (tertiary alicyclic amines) is 1. The number of nitrogens with zero attached hydrogens (tertiary/aromatic N) is 3. The molecule has 1 aliphatic rings. The van der Waals surface area contributed by atoms with Crippen LogP contribution in [-0.4, -0.2) is 40.5 Å². The van der Waals surface area contributed by atoms with E-state index in [1.165, 1.54) is 0 Å². The smallest absolute Gasteiger partial charge is 0.226 e. The van der Waals surface area contributed by atoms with Crippen LogP contribution in [0.1, 0.15) is 30.9 Å². The molecule has 1 aliphatic heterocycles. The van der Waals surface area contributed by atoms with Gasteiger partial charge < -0.3 is 9.64 Å². The van der Waals surface area contributed by atoms with E-state index in [2.05, 4.69) is 9.97 Å². The minimum absolute atomic E-state index is 0.148. The maximum absolute atomic E-state index is 12.4. The normalized spacial score (nSPS) is 17.7. The van der Waals surface area contributed by atoms with Crippen molar-refractivity contribution in [2.45, 2.75) is 25.2 Å². The van der Waals surface area contributed by atoms with Crippen LogP contribution in [0.4, 0.5) is 0 Å². The average molecular weight is 311 g/mol. The molecule has 1 amide bonds. The zero-order valence-electron chi connectivity index (χ0n) is 13.1. The van der Waals surface area contributed by atoms with E-state index in [9.17, 15) is 4.79 Å². The summed E-state index contributed by atoms with van der Waals surface area (Å²) in [4.78, 5) is 22.8. The standard InChI is InChI=1S/C18H21N3O2/c22-18(8-12-23-16-6-2-1-3-7-16)21-11-4-5-15(14-21)17-13-19-9-10-20-17/h1-3,6-7,9-10,13,15H,4-5,8,11-12,14H2/t15-/m0/s1. The third kappa shape index (κ3) is 4.28. The van der Waals surface area contributed by atoms with Gasteiger partial charge in [0, 0.05) is 37.6 Å². The van der Waals surface area contributed by atoms with Crippen LogP contribution in [0.25, 0.3) is 0 Å². The number of carbonyl (C=O) groups is 1. The number of hydrogen-bond acceptors (Lipinski definition) is 4. The number of aromatic nitrogens is 2. The van der Waals surface area contributed by atoms with Crippen molar-refractivity contribution >= 4 is 5.91 Å². The fourth-order valence-corrected chi connectivity index (χ4v) is 2.90. The fourth-order valence-electron chi connectivity index (χ4n) is 2.90. The van der Waals surface area contributed by atoms with Crippen molar-refractivity contribution in [1.82, 2.24) is 14.9 Å². The van der Waals surface area contributed by atoms with Gasteiger partial charge in [0.1, 0.15) is 5.75 Å². The molecule has 1 aromatic heterocycles. The molecule has 1 saturated heterocycles. The van der Waals surface area contributed by atoms with Crippen molar-refractivity contribution in [3.05, 3.63) is 54.6 Å². The molecule has 1 atom stereocenters. The third-order valence-corrected chi connectivity index (χ3v) is 4.10. The van der Waals surface area contributed by atoms with E-state index >= 15 is 0 Å². The summed E-state index contributed by atoms with van der Waals surface area (Å²) in [6, 6.07) is 9.59. The first-order chi connectivity index (χ1) is 11.3. The number of hydrogen-bond donors (Lipinski definition) is 0. The van der Waals surface area contributed by atoms with Crippen LogP contribution >= 0.6 is 0 Å². The van der Waals surface area contributed by atoms with Crippen molar-refractivity contribution in [2.75, 3.05) is 19.7 Å². The lowest BCUT2D eigenvalue weighted by Gasteiger charge is -2.32. The van der Waals surface area contributed by atoms with E-state index in [0.29, 0.717) is 13.0 Å². The molecule has 23 heavy (non-hydrogen) atoms. The fraction of sp³-hybridized carbons (Fsp3) is 0.389. The van der Waals surface area contributed by atoms with Crippen LogP contribution in [-0.2, 0) is 4.79 Å². The molecule has 5 heteroatoms. The van der Waals surface area contributed by atoms with Crippen LogP contribution in [0, 0.1) is 0 Å². The Morgan fingerprint density at radius 3 is 2.91 bits per heavy atom. The number of ether oxygens (including phenoxy) is 1. The van der Waals surface area contributed by atoms with Gasteiger partial charge in [-0.15, -0.1) is 0 Å². The predicted molar refractivity (Wildman–Crippen MR) is 87.1 cm³/mol. The molecule has 0 radical (unpaired) electrons. The van der Waals surface area contributed by atoms with Crippen LogP contribution in [0.2, 0.25) is 0 Å². The highest BCUT2D eigenvalue weighted by atomic mass is 16.5. The van der Waals surface area contributed by atoms with Crippen LogP contribution < -0.4 is 4.74 Å². The summed E-state index contributed by atoms with van der Waals surface area (Å²) in [5, 5.41) is 0. The lowest BCUT2D eigenvalue weighted by atomic mass is 9.95. The quantitative estimate of drug-likeness (QED) is 0.852. The molecule has 2 aromatic rings. The highest BCUT2D eigenvalue weighted by Crippen LogP contribution is 2.25. The minimum Gasteiger partial charge on any atom is -0.493 e. The van der Waals surface area contributed by atoms with Crippen molar-refractivity contribution in [2.24, 2.45) is 0 Å². The number of benzene rings is 1. The van der Waals surface area contributed by atoms with Gasteiger partial charge in [0.05, 0.1) is 18.7 Å². The highest BCUT2D eigenvalue weighted by Gasteiger charge is 2.25. The summed E-state index contributed by atoms with van der Waals surface area (Å²) in [6.07, 6.45) is 7.66. The van der Waals surface area contributed by atoms with E-state index in [-0.39, 0.29) is 11.8 Å². The molecule has 0 spiro atoms. The van der Waals surface area contributed by atoms with Gasteiger partial charge in [0.15, 0.2) is 0 Å². The highest BCUT2D eigenvalue weighted by molar-refractivity contribution is 5.76. The maximum atomic E-state index is 12.4. The number of piperidine rings is 1. The molecule has 0 unspecified atom stereocenters. The van der Waals surface area contributed by atoms with Crippen molar-refractivity contribution in [3.8, 4) is 5.75 Å². The lowest BCUT2D eigenvalue weighted by Crippen LogP contribution is -2.39. The topological polar surface area (TPSA) is 55.3 Å². The van der Waals surface area contributed by atoms with Gasteiger partial charge in [-0.3, -0.25) is 14.8 Å². The van der Waals surface area contributed by atoms with E-state index in [0.717, 1.165) is 37.4 Å². The van der Waals surface area contributed by atoms with Crippen molar-refractivity contribution < 1.29 is 9.53 Å².